The Bertz CT molecular complexity index is 1460. The number of fused-ring (bicyclic) bond motifs is 2. The Hall–Kier alpha value is -2.52. The van der Waals surface area contributed by atoms with Gasteiger partial charge in [-0.25, -0.2) is 9.97 Å². The van der Waals surface area contributed by atoms with Gasteiger partial charge in [-0.2, -0.15) is 0 Å². The second-order valence-electron chi connectivity index (χ2n) is 10.1. The van der Waals surface area contributed by atoms with Crippen LogP contribution in [0.25, 0.3) is 41.4 Å². The Kier molecular flexibility index (Phi) is 4.91. The lowest BCUT2D eigenvalue weighted by Gasteiger charge is -2.05. The van der Waals surface area contributed by atoms with Crippen LogP contribution in [0, 0.1) is 11.8 Å². The minimum absolute atomic E-state index is 0.340. The highest BCUT2D eigenvalue weighted by Gasteiger charge is 2.26. The first-order valence-corrected chi connectivity index (χ1v) is 13.8. The normalized spacial score (nSPS) is 25.2. The van der Waals surface area contributed by atoms with Crippen molar-refractivity contribution in [3.8, 4) is 21.0 Å². The molecule has 0 radical (unpaired) electrons. The number of thiophene rings is 2. The van der Waals surface area contributed by atoms with Gasteiger partial charge in [0.1, 0.15) is 11.6 Å². The molecule has 4 atom stereocenters. The van der Waals surface area contributed by atoms with Gasteiger partial charge in [0, 0.05) is 14.3 Å². The molecule has 2 fully saturated rings. The first-order chi connectivity index (χ1) is 16.6. The summed E-state index contributed by atoms with van der Waals surface area (Å²) in [6, 6.07) is 11.9. The number of nitrogens with zero attached hydrogens (tertiary/aromatic N) is 2. The maximum atomic E-state index is 4.85. The SMILES string of the molecule is C[C@@H]1CN[C@H](c2ncc(-c3cc4sc(-c5ccc6nc([C@@H]7C[C@H](C)CN7)[nH]c6c5)cc4s3)[nH]2)C1. The molecule has 5 aromatic rings. The van der Waals surface area contributed by atoms with Crippen LogP contribution in [0.4, 0.5) is 0 Å². The molecule has 2 aliphatic heterocycles. The Labute approximate surface area is 206 Å². The van der Waals surface area contributed by atoms with E-state index in [0.29, 0.717) is 23.9 Å². The van der Waals surface area contributed by atoms with E-state index in [1.807, 2.05) is 28.9 Å². The number of hydrogen-bond donors (Lipinski definition) is 4. The lowest BCUT2D eigenvalue weighted by molar-refractivity contribution is 0.588. The molecule has 0 amide bonds. The lowest BCUT2D eigenvalue weighted by atomic mass is 10.1. The minimum Gasteiger partial charge on any atom is -0.341 e. The van der Waals surface area contributed by atoms with Crippen LogP contribution in [-0.4, -0.2) is 33.0 Å². The molecule has 2 saturated heterocycles. The summed E-state index contributed by atoms with van der Waals surface area (Å²) in [4.78, 5) is 19.2. The van der Waals surface area contributed by atoms with Gasteiger partial charge in [0.15, 0.2) is 0 Å². The molecule has 0 bridgehead atoms. The van der Waals surface area contributed by atoms with E-state index in [0.717, 1.165) is 54.3 Å². The third kappa shape index (κ3) is 3.60. The van der Waals surface area contributed by atoms with Gasteiger partial charge >= 0.3 is 0 Å². The molecular formula is C26H28N6S2. The van der Waals surface area contributed by atoms with Crippen molar-refractivity contribution in [3.63, 3.8) is 0 Å². The zero-order valence-corrected chi connectivity index (χ0v) is 20.9. The van der Waals surface area contributed by atoms with Crippen LogP contribution in [0.15, 0.2) is 36.5 Å². The average molecular weight is 489 g/mol. The number of nitrogens with one attached hydrogen (secondary N) is 4. The molecule has 34 heavy (non-hydrogen) atoms. The third-order valence-electron chi connectivity index (χ3n) is 7.21. The maximum absolute atomic E-state index is 4.85. The summed E-state index contributed by atoms with van der Waals surface area (Å²) in [6.45, 7) is 6.72. The molecule has 0 aliphatic carbocycles. The van der Waals surface area contributed by atoms with Crippen molar-refractivity contribution < 1.29 is 0 Å². The number of rotatable bonds is 4. The van der Waals surface area contributed by atoms with Gasteiger partial charge < -0.3 is 20.6 Å². The zero-order valence-electron chi connectivity index (χ0n) is 19.3. The van der Waals surface area contributed by atoms with E-state index in [-0.39, 0.29) is 0 Å². The standard InChI is InChI=1S/C26H28N6S2/c1-13-5-18(27-10-13)25-29-12-20(32-25)22-9-24-23(34-22)8-21(33-24)15-3-4-16-17(7-15)31-26(30-16)19-6-14(2)11-28-19/h3-4,7-9,12-14,18-19,27-28H,5-6,10-11H2,1-2H3,(H,29,32)(H,30,31)/t13-,14-,18-,19-/m0/s1. The number of H-pyrrole nitrogens is 2. The summed E-state index contributed by atoms with van der Waals surface area (Å²) in [7, 11) is 0. The van der Waals surface area contributed by atoms with Crippen molar-refractivity contribution in [2.24, 2.45) is 11.8 Å². The summed E-state index contributed by atoms with van der Waals surface area (Å²) in [5.74, 6) is 3.54. The predicted molar refractivity (Wildman–Crippen MR) is 141 cm³/mol. The molecule has 6 nitrogen and oxygen atoms in total. The largest absolute Gasteiger partial charge is 0.341 e. The molecule has 174 valence electrons. The molecule has 7 rings (SSSR count). The Balaban J connectivity index is 1.15. The van der Waals surface area contributed by atoms with Gasteiger partial charge in [0.25, 0.3) is 0 Å². The van der Waals surface area contributed by atoms with E-state index in [2.05, 4.69) is 69.8 Å². The fourth-order valence-corrected chi connectivity index (χ4v) is 7.70. The van der Waals surface area contributed by atoms with Crippen LogP contribution in [0.3, 0.4) is 0 Å². The molecule has 2 aliphatic rings. The van der Waals surface area contributed by atoms with Crippen molar-refractivity contribution in [2.45, 2.75) is 38.8 Å². The van der Waals surface area contributed by atoms with E-state index >= 15 is 0 Å². The number of benzene rings is 1. The first kappa shape index (κ1) is 20.8. The van der Waals surface area contributed by atoms with E-state index in [1.165, 1.54) is 24.7 Å². The Morgan fingerprint density at radius 1 is 0.824 bits per heavy atom. The zero-order chi connectivity index (χ0) is 22.8. The van der Waals surface area contributed by atoms with Crippen molar-refractivity contribution in [1.82, 2.24) is 30.6 Å². The molecule has 4 aromatic heterocycles. The highest BCUT2D eigenvalue weighted by molar-refractivity contribution is 7.31. The van der Waals surface area contributed by atoms with Crippen molar-refractivity contribution >= 4 is 43.1 Å². The second kappa shape index (κ2) is 8.02. The number of aromatic nitrogens is 4. The highest BCUT2D eigenvalue weighted by atomic mass is 32.1. The van der Waals surface area contributed by atoms with Crippen LogP contribution in [0.2, 0.25) is 0 Å². The number of imidazole rings is 2. The topological polar surface area (TPSA) is 81.4 Å². The second-order valence-corrected chi connectivity index (χ2v) is 12.3. The molecule has 6 heterocycles. The van der Waals surface area contributed by atoms with Crippen LogP contribution in [0.1, 0.15) is 50.4 Å². The van der Waals surface area contributed by atoms with Crippen LogP contribution < -0.4 is 10.6 Å². The highest BCUT2D eigenvalue weighted by Crippen LogP contribution is 2.42. The Morgan fingerprint density at radius 3 is 2.26 bits per heavy atom. The van der Waals surface area contributed by atoms with Gasteiger partial charge in [-0.15, -0.1) is 22.7 Å². The maximum Gasteiger partial charge on any atom is 0.124 e. The molecule has 4 N–H and O–H groups in total. The van der Waals surface area contributed by atoms with Crippen molar-refractivity contribution in [1.29, 1.82) is 0 Å². The monoisotopic (exact) mass is 488 g/mol. The van der Waals surface area contributed by atoms with E-state index in [9.17, 15) is 0 Å². The van der Waals surface area contributed by atoms with Gasteiger partial charge in [0.2, 0.25) is 0 Å². The first-order valence-electron chi connectivity index (χ1n) is 12.1. The lowest BCUT2D eigenvalue weighted by Crippen LogP contribution is -2.14. The van der Waals surface area contributed by atoms with Gasteiger partial charge in [0.05, 0.1) is 39.9 Å². The summed E-state index contributed by atoms with van der Waals surface area (Å²) in [6.07, 6.45) is 4.28. The van der Waals surface area contributed by atoms with E-state index < -0.39 is 0 Å². The predicted octanol–water partition coefficient (Wildman–Crippen LogP) is 6.24. The fourth-order valence-electron chi connectivity index (χ4n) is 5.34. The number of aromatic amines is 2. The molecule has 1 aromatic carbocycles. The molecule has 0 saturated carbocycles. The van der Waals surface area contributed by atoms with Crippen LogP contribution in [-0.2, 0) is 0 Å². The summed E-state index contributed by atoms with van der Waals surface area (Å²) >= 11 is 3.69. The molecule has 0 unspecified atom stereocenters. The summed E-state index contributed by atoms with van der Waals surface area (Å²) in [5, 5.41) is 7.15. The minimum atomic E-state index is 0.340. The third-order valence-corrected chi connectivity index (χ3v) is 9.59. The summed E-state index contributed by atoms with van der Waals surface area (Å²) in [5.41, 5.74) is 4.52. The van der Waals surface area contributed by atoms with Gasteiger partial charge in [-0.05, 0) is 67.6 Å². The van der Waals surface area contributed by atoms with Crippen molar-refractivity contribution in [3.05, 3.63) is 48.2 Å². The average Bonchev–Trinajstić information content (AvgIpc) is 3.63. The van der Waals surface area contributed by atoms with Gasteiger partial charge in [-0.1, -0.05) is 19.9 Å². The fraction of sp³-hybridized carbons (Fsp3) is 0.385. The van der Waals surface area contributed by atoms with Crippen molar-refractivity contribution in [2.75, 3.05) is 13.1 Å². The molecular weight excluding hydrogens is 460 g/mol. The van der Waals surface area contributed by atoms with E-state index in [1.54, 1.807) is 0 Å². The number of hydrogen-bond acceptors (Lipinski definition) is 6. The molecule has 0 spiro atoms. The van der Waals surface area contributed by atoms with Crippen LogP contribution >= 0.6 is 22.7 Å². The smallest absolute Gasteiger partial charge is 0.124 e. The summed E-state index contributed by atoms with van der Waals surface area (Å²) < 4.78 is 2.65. The quantitative estimate of drug-likeness (QED) is 0.241. The van der Waals surface area contributed by atoms with Gasteiger partial charge in [-0.3, -0.25) is 0 Å². The molecule has 8 heteroatoms. The van der Waals surface area contributed by atoms with Crippen LogP contribution in [0.5, 0.6) is 0 Å². The van der Waals surface area contributed by atoms with E-state index in [4.69, 9.17) is 4.98 Å². The Morgan fingerprint density at radius 2 is 1.53 bits per heavy atom.